The van der Waals surface area contributed by atoms with E-state index in [2.05, 4.69) is 15.0 Å². The zero-order valence-electron chi connectivity index (χ0n) is 13.7. The summed E-state index contributed by atoms with van der Waals surface area (Å²) in [5, 5.41) is 2.48. The third-order valence-electron chi connectivity index (χ3n) is 3.99. The topological polar surface area (TPSA) is 68.2 Å². The van der Waals surface area contributed by atoms with E-state index < -0.39 is 5.97 Å². The maximum Gasteiger partial charge on any atom is 0.357 e. The maximum absolute atomic E-state index is 14.6. The number of hydrogen-bond donors (Lipinski definition) is 0. The lowest BCUT2D eigenvalue weighted by Gasteiger charge is -2.24. The van der Waals surface area contributed by atoms with Crippen molar-refractivity contribution in [2.75, 3.05) is 18.1 Å². The minimum Gasteiger partial charge on any atom is -0.461 e. The van der Waals surface area contributed by atoms with Crippen LogP contribution in [0.25, 0.3) is 0 Å². The second kappa shape index (κ2) is 7.21. The van der Waals surface area contributed by atoms with E-state index in [0.29, 0.717) is 36.8 Å². The SMILES string of the molecule is CCOC(=O)c1csc(C2CCCN2c2ncnc(CC)c2F)n1. The first kappa shape index (κ1) is 16.8. The molecule has 3 rings (SSSR count). The number of nitrogens with zero attached hydrogens (tertiary/aromatic N) is 4. The van der Waals surface area contributed by atoms with Crippen molar-refractivity contribution in [2.24, 2.45) is 0 Å². The van der Waals surface area contributed by atoms with Crippen LogP contribution in [0.1, 0.15) is 53.9 Å². The van der Waals surface area contributed by atoms with Gasteiger partial charge in [-0.3, -0.25) is 0 Å². The van der Waals surface area contributed by atoms with Crippen LogP contribution in [0.5, 0.6) is 0 Å². The van der Waals surface area contributed by atoms with Gasteiger partial charge in [-0.25, -0.2) is 24.1 Å². The molecule has 0 radical (unpaired) electrons. The first-order valence-corrected chi connectivity index (χ1v) is 8.92. The number of carbonyl (C=O) groups is 1. The minimum atomic E-state index is -0.425. The fraction of sp³-hybridized carbons (Fsp3) is 0.500. The number of halogens is 1. The van der Waals surface area contributed by atoms with E-state index in [1.807, 2.05) is 11.8 Å². The first-order chi connectivity index (χ1) is 11.7. The highest BCUT2D eigenvalue weighted by atomic mass is 32.1. The molecule has 8 heteroatoms. The maximum atomic E-state index is 14.6. The van der Waals surface area contributed by atoms with E-state index in [4.69, 9.17) is 4.74 Å². The van der Waals surface area contributed by atoms with Gasteiger partial charge in [-0.1, -0.05) is 6.92 Å². The minimum absolute atomic E-state index is 0.0766. The Morgan fingerprint density at radius 2 is 2.29 bits per heavy atom. The van der Waals surface area contributed by atoms with E-state index in [1.54, 1.807) is 12.3 Å². The van der Waals surface area contributed by atoms with Crippen molar-refractivity contribution in [3.63, 3.8) is 0 Å². The van der Waals surface area contributed by atoms with Crippen LogP contribution in [0, 0.1) is 5.82 Å². The fourth-order valence-electron chi connectivity index (χ4n) is 2.86. The molecule has 3 heterocycles. The molecule has 0 amide bonds. The van der Waals surface area contributed by atoms with Gasteiger partial charge in [0.1, 0.15) is 11.3 Å². The van der Waals surface area contributed by atoms with Crippen LogP contribution in [0.15, 0.2) is 11.7 Å². The third-order valence-corrected chi connectivity index (χ3v) is 4.94. The number of aryl methyl sites for hydroxylation is 1. The second-order valence-electron chi connectivity index (χ2n) is 5.45. The Bertz CT molecular complexity index is 737. The first-order valence-electron chi connectivity index (χ1n) is 8.04. The summed E-state index contributed by atoms with van der Waals surface area (Å²) in [6.45, 7) is 4.64. The Morgan fingerprint density at radius 1 is 1.46 bits per heavy atom. The monoisotopic (exact) mass is 350 g/mol. The fourth-order valence-corrected chi connectivity index (χ4v) is 3.79. The Hall–Kier alpha value is -2.09. The van der Waals surface area contributed by atoms with Gasteiger partial charge in [0.25, 0.3) is 0 Å². The second-order valence-corrected chi connectivity index (χ2v) is 6.34. The van der Waals surface area contributed by atoms with E-state index in [1.165, 1.54) is 17.7 Å². The quantitative estimate of drug-likeness (QED) is 0.772. The third kappa shape index (κ3) is 3.10. The van der Waals surface area contributed by atoms with Gasteiger partial charge in [0.05, 0.1) is 18.3 Å². The highest BCUT2D eigenvalue weighted by Gasteiger charge is 2.32. The lowest BCUT2D eigenvalue weighted by Crippen LogP contribution is -2.25. The molecule has 1 aliphatic heterocycles. The summed E-state index contributed by atoms with van der Waals surface area (Å²) >= 11 is 1.40. The molecular weight excluding hydrogens is 331 g/mol. The van der Waals surface area contributed by atoms with Crippen LogP contribution in [0.2, 0.25) is 0 Å². The molecule has 6 nitrogen and oxygen atoms in total. The van der Waals surface area contributed by atoms with Crippen molar-refractivity contribution in [1.29, 1.82) is 0 Å². The number of esters is 1. The van der Waals surface area contributed by atoms with Crippen molar-refractivity contribution in [2.45, 2.75) is 39.2 Å². The Kier molecular flexibility index (Phi) is 5.03. The molecule has 0 spiro atoms. The summed E-state index contributed by atoms with van der Waals surface area (Å²) in [6, 6.07) is -0.0766. The van der Waals surface area contributed by atoms with Crippen molar-refractivity contribution in [3.05, 3.63) is 33.9 Å². The molecule has 0 bridgehead atoms. The summed E-state index contributed by atoms with van der Waals surface area (Å²) in [5.74, 6) is -0.475. The molecule has 24 heavy (non-hydrogen) atoms. The Morgan fingerprint density at radius 3 is 3.04 bits per heavy atom. The molecule has 2 aromatic rings. The van der Waals surface area contributed by atoms with Gasteiger partial charge in [0, 0.05) is 11.9 Å². The molecule has 0 aliphatic carbocycles. The highest BCUT2D eigenvalue weighted by Crippen LogP contribution is 2.37. The number of hydrogen-bond acceptors (Lipinski definition) is 7. The van der Waals surface area contributed by atoms with Gasteiger partial charge in [0.15, 0.2) is 17.3 Å². The zero-order chi connectivity index (χ0) is 17.1. The number of ether oxygens (including phenoxy) is 1. The van der Waals surface area contributed by atoms with Gasteiger partial charge in [0.2, 0.25) is 0 Å². The van der Waals surface area contributed by atoms with Crippen LogP contribution in [-0.4, -0.2) is 34.1 Å². The average molecular weight is 350 g/mol. The average Bonchev–Trinajstić information content (AvgIpc) is 3.24. The van der Waals surface area contributed by atoms with E-state index >= 15 is 0 Å². The molecule has 0 N–H and O–H groups in total. The molecule has 0 saturated carbocycles. The smallest absolute Gasteiger partial charge is 0.357 e. The van der Waals surface area contributed by atoms with Crippen LogP contribution in [0.4, 0.5) is 10.2 Å². The van der Waals surface area contributed by atoms with Gasteiger partial charge < -0.3 is 9.64 Å². The summed E-state index contributed by atoms with van der Waals surface area (Å²) < 4.78 is 19.6. The summed E-state index contributed by atoms with van der Waals surface area (Å²) in [6.07, 6.45) is 3.69. The molecule has 1 unspecified atom stereocenters. The normalized spacial score (nSPS) is 17.3. The van der Waals surface area contributed by atoms with Gasteiger partial charge in [-0.15, -0.1) is 11.3 Å². The summed E-state index contributed by atoms with van der Waals surface area (Å²) in [7, 11) is 0. The van der Waals surface area contributed by atoms with Gasteiger partial charge in [-0.2, -0.15) is 0 Å². The van der Waals surface area contributed by atoms with Crippen molar-refractivity contribution in [3.8, 4) is 0 Å². The highest BCUT2D eigenvalue weighted by molar-refractivity contribution is 7.10. The number of aromatic nitrogens is 3. The molecule has 0 aromatic carbocycles. The molecule has 128 valence electrons. The number of thiazole rings is 1. The zero-order valence-corrected chi connectivity index (χ0v) is 14.5. The lowest BCUT2D eigenvalue weighted by molar-refractivity contribution is 0.0520. The van der Waals surface area contributed by atoms with Crippen LogP contribution >= 0.6 is 11.3 Å². The van der Waals surface area contributed by atoms with E-state index in [0.717, 1.165) is 17.8 Å². The van der Waals surface area contributed by atoms with Crippen molar-refractivity contribution < 1.29 is 13.9 Å². The van der Waals surface area contributed by atoms with Gasteiger partial charge in [-0.05, 0) is 26.2 Å². The largest absolute Gasteiger partial charge is 0.461 e. The Balaban J connectivity index is 1.88. The molecule has 1 saturated heterocycles. The van der Waals surface area contributed by atoms with Crippen LogP contribution < -0.4 is 4.90 Å². The molecule has 2 aromatic heterocycles. The number of anilines is 1. The van der Waals surface area contributed by atoms with Crippen LogP contribution in [0.3, 0.4) is 0 Å². The Labute approximate surface area is 143 Å². The molecule has 1 fully saturated rings. The standard InChI is InChI=1S/C16H19FN4O2S/c1-3-10-13(17)14(19-9-18-10)21-7-5-6-12(21)15-20-11(8-24-15)16(22)23-4-2/h8-9,12H,3-7H2,1-2H3. The van der Waals surface area contributed by atoms with E-state index in [9.17, 15) is 9.18 Å². The predicted molar refractivity (Wildman–Crippen MR) is 88.8 cm³/mol. The van der Waals surface area contributed by atoms with Gasteiger partial charge >= 0.3 is 5.97 Å². The van der Waals surface area contributed by atoms with Crippen molar-refractivity contribution >= 4 is 23.1 Å². The number of rotatable bonds is 5. The molecular formula is C16H19FN4O2S. The van der Waals surface area contributed by atoms with E-state index in [-0.39, 0.29) is 11.9 Å². The van der Waals surface area contributed by atoms with Crippen LogP contribution in [-0.2, 0) is 11.2 Å². The lowest BCUT2D eigenvalue weighted by atomic mass is 10.2. The summed E-state index contributed by atoms with van der Waals surface area (Å²) in [4.78, 5) is 26.2. The number of carbonyl (C=O) groups excluding carboxylic acids is 1. The summed E-state index contributed by atoms with van der Waals surface area (Å²) in [5.41, 5.74) is 0.720. The molecule has 1 aliphatic rings. The van der Waals surface area contributed by atoms with Crippen molar-refractivity contribution in [1.82, 2.24) is 15.0 Å². The predicted octanol–water partition coefficient (Wildman–Crippen LogP) is 3.15. The molecule has 1 atom stereocenters.